The highest BCUT2D eigenvalue weighted by Gasteiger charge is 2.33. The molecule has 0 bridgehead atoms. The van der Waals surface area contributed by atoms with Crippen molar-refractivity contribution in [3.8, 4) is 5.75 Å². The van der Waals surface area contributed by atoms with E-state index in [1.54, 1.807) is 0 Å². The first-order valence-corrected chi connectivity index (χ1v) is 16.0. The van der Waals surface area contributed by atoms with Gasteiger partial charge in [0, 0.05) is 16.4 Å². The first kappa shape index (κ1) is 35.8. The van der Waals surface area contributed by atoms with Gasteiger partial charge >= 0.3 is 15.6 Å². The van der Waals surface area contributed by atoms with E-state index in [9.17, 15) is 24.4 Å². The highest BCUT2D eigenvalue weighted by molar-refractivity contribution is 7.60. The van der Waals surface area contributed by atoms with Crippen LogP contribution in [0.2, 0.25) is 0 Å². The van der Waals surface area contributed by atoms with Gasteiger partial charge in [-0.15, -0.1) is 0 Å². The number of hydrogen-bond donors (Lipinski definition) is 7. The van der Waals surface area contributed by atoms with Gasteiger partial charge in [0.1, 0.15) is 12.4 Å². The molecule has 0 aromatic heterocycles. The zero-order valence-electron chi connectivity index (χ0n) is 24.0. The van der Waals surface area contributed by atoms with E-state index < -0.39 is 21.1 Å². The molecule has 7 N–H and O–H groups in total. The second kappa shape index (κ2) is 14.4. The number of ether oxygens (including phenoxy) is 1. The quantitative estimate of drug-likeness (QED) is 0.144. The van der Waals surface area contributed by atoms with Crippen molar-refractivity contribution in [3.05, 3.63) is 101 Å². The lowest BCUT2D eigenvalue weighted by atomic mass is 9.73. The van der Waals surface area contributed by atoms with E-state index in [1.165, 1.54) is 5.56 Å². The molecule has 0 heterocycles. The smallest absolute Gasteiger partial charge is 0.478 e. The second-order valence-corrected chi connectivity index (χ2v) is 13.6. The van der Waals surface area contributed by atoms with E-state index in [-0.39, 0.29) is 37.3 Å². The molecule has 0 aliphatic carbocycles. The molecule has 0 aliphatic rings. The van der Waals surface area contributed by atoms with Gasteiger partial charge in [-0.05, 0) is 22.8 Å². The first-order valence-electron chi connectivity index (χ1n) is 12.9. The number of hydrogen-bond acceptors (Lipinski definition) is 7. The molecule has 0 unspecified atom stereocenters. The average molecular weight is 627 g/mol. The first-order chi connectivity index (χ1) is 19.4. The maximum absolute atomic E-state index is 9.74. The lowest BCUT2D eigenvalue weighted by molar-refractivity contribution is -0.0261. The maximum atomic E-state index is 9.74. The van der Waals surface area contributed by atoms with Gasteiger partial charge in [-0.1, -0.05) is 100 Å². The standard InChI is InChI=1S/C29H36O4.H4O7P2/c1-27(2,22-11-7-5-8-12-22)24-15-16-26(33-21-29(18-30,19-31)20-32)25(17-24)28(3,4)23-13-9-6-10-14-23;1-8(2,3)7-9(4,5)6/h5-17,30-32H,18-21H2,1-4H3;(H2,1,2,3)(H2,4,5,6). The normalized spacial score (nSPS) is 12.8. The summed E-state index contributed by atoms with van der Waals surface area (Å²) in [4.78, 5) is 31.0. The minimum atomic E-state index is -5.05. The number of aliphatic hydroxyl groups excluding tert-OH is 3. The summed E-state index contributed by atoms with van der Waals surface area (Å²) < 4.78 is 28.4. The molecule has 0 saturated carbocycles. The third kappa shape index (κ3) is 9.82. The predicted octanol–water partition coefficient (Wildman–Crippen LogP) is 3.87. The Kier molecular flexibility index (Phi) is 12.3. The molecule has 13 heteroatoms. The highest BCUT2D eigenvalue weighted by atomic mass is 31.3. The third-order valence-corrected chi connectivity index (χ3v) is 8.82. The van der Waals surface area contributed by atoms with E-state index in [4.69, 9.17) is 24.3 Å². The SMILES string of the molecule is CC(C)(c1ccccc1)c1ccc(OCC(CO)(CO)CO)c(C(C)(C)c2ccccc2)c1.O=P(O)(O)OP(=O)(O)O. The van der Waals surface area contributed by atoms with E-state index in [0.717, 1.165) is 16.7 Å². The van der Waals surface area contributed by atoms with Crippen LogP contribution in [0.15, 0.2) is 78.9 Å². The lowest BCUT2D eigenvalue weighted by Gasteiger charge is -2.34. The van der Waals surface area contributed by atoms with Crippen molar-refractivity contribution in [1.82, 2.24) is 0 Å². The number of aliphatic hydroxyl groups is 3. The van der Waals surface area contributed by atoms with E-state index in [1.807, 2.05) is 30.3 Å². The van der Waals surface area contributed by atoms with Crippen LogP contribution in [0.5, 0.6) is 5.75 Å². The molecule has 11 nitrogen and oxygen atoms in total. The monoisotopic (exact) mass is 626 g/mol. The van der Waals surface area contributed by atoms with Crippen molar-refractivity contribution in [1.29, 1.82) is 0 Å². The van der Waals surface area contributed by atoms with Crippen LogP contribution in [0.1, 0.15) is 49.9 Å². The highest BCUT2D eigenvalue weighted by Crippen LogP contribution is 2.53. The summed E-state index contributed by atoms with van der Waals surface area (Å²) in [5.41, 5.74) is 2.88. The topological polar surface area (TPSA) is 194 Å². The van der Waals surface area contributed by atoms with Gasteiger partial charge in [-0.2, -0.15) is 4.31 Å². The molecule has 3 rings (SSSR count). The molecule has 42 heavy (non-hydrogen) atoms. The van der Waals surface area contributed by atoms with Crippen LogP contribution in [-0.4, -0.2) is 61.3 Å². The fourth-order valence-electron chi connectivity index (χ4n) is 4.22. The second-order valence-electron chi connectivity index (χ2n) is 11.0. The van der Waals surface area contributed by atoms with Gasteiger partial charge in [0.2, 0.25) is 0 Å². The third-order valence-electron chi connectivity index (χ3n) is 7.12. The Balaban J connectivity index is 0.000000592. The maximum Gasteiger partial charge on any atom is 0.478 e. The fraction of sp³-hybridized carbons (Fsp3) is 0.379. The van der Waals surface area contributed by atoms with Crippen molar-refractivity contribution in [3.63, 3.8) is 0 Å². The molecule has 0 amide bonds. The predicted molar refractivity (Wildman–Crippen MR) is 158 cm³/mol. The largest absolute Gasteiger partial charge is 0.492 e. The molecule has 3 aromatic rings. The zero-order valence-corrected chi connectivity index (χ0v) is 25.8. The van der Waals surface area contributed by atoms with Crippen molar-refractivity contribution in [2.24, 2.45) is 5.41 Å². The van der Waals surface area contributed by atoms with Crippen molar-refractivity contribution < 1.29 is 53.1 Å². The molecule has 0 spiro atoms. The van der Waals surface area contributed by atoms with Crippen LogP contribution in [0.4, 0.5) is 0 Å². The summed E-state index contributed by atoms with van der Waals surface area (Å²) >= 11 is 0. The van der Waals surface area contributed by atoms with Crippen LogP contribution in [0.25, 0.3) is 0 Å². The van der Waals surface area contributed by atoms with Crippen LogP contribution in [0, 0.1) is 5.41 Å². The van der Waals surface area contributed by atoms with Gasteiger partial charge in [-0.3, -0.25) is 0 Å². The molecular formula is C29H40O11P2. The average Bonchev–Trinajstić information content (AvgIpc) is 2.93. The van der Waals surface area contributed by atoms with Gasteiger partial charge in [0.15, 0.2) is 0 Å². The van der Waals surface area contributed by atoms with Crippen LogP contribution in [0.3, 0.4) is 0 Å². The number of rotatable bonds is 12. The molecular weight excluding hydrogens is 586 g/mol. The minimum Gasteiger partial charge on any atom is -0.492 e. The van der Waals surface area contributed by atoms with Crippen molar-refractivity contribution in [2.75, 3.05) is 26.4 Å². The Morgan fingerprint density at radius 2 is 1.05 bits per heavy atom. The van der Waals surface area contributed by atoms with Crippen LogP contribution >= 0.6 is 15.6 Å². The molecule has 232 valence electrons. The molecule has 0 aliphatic heterocycles. The molecule has 0 atom stereocenters. The molecule has 0 radical (unpaired) electrons. The lowest BCUT2D eigenvalue weighted by Crippen LogP contribution is -2.40. The van der Waals surface area contributed by atoms with Crippen LogP contribution < -0.4 is 4.74 Å². The van der Waals surface area contributed by atoms with Gasteiger partial charge < -0.3 is 39.6 Å². The summed E-state index contributed by atoms with van der Waals surface area (Å²) in [6.45, 7) is 7.68. The number of phosphoric acid groups is 2. The summed E-state index contributed by atoms with van der Waals surface area (Å²) in [5.74, 6) is 0.677. The summed E-state index contributed by atoms with van der Waals surface area (Å²) in [7, 11) is -10.1. The Morgan fingerprint density at radius 3 is 1.43 bits per heavy atom. The minimum absolute atomic E-state index is 0.00972. The van der Waals surface area contributed by atoms with Gasteiger partial charge in [0.05, 0.1) is 25.2 Å². The zero-order chi connectivity index (χ0) is 31.8. The van der Waals surface area contributed by atoms with Gasteiger partial charge in [-0.25, -0.2) is 9.13 Å². The van der Waals surface area contributed by atoms with E-state index in [0.29, 0.717) is 5.75 Å². The summed E-state index contributed by atoms with van der Waals surface area (Å²) in [5, 5.41) is 29.2. The molecule has 3 aromatic carbocycles. The van der Waals surface area contributed by atoms with Gasteiger partial charge in [0.25, 0.3) is 0 Å². The van der Waals surface area contributed by atoms with Crippen LogP contribution in [-0.2, 0) is 24.3 Å². The van der Waals surface area contributed by atoms with Crippen molar-refractivity contribution >= 4 is 15.6 Å². The molecule has 0 saturated heterocycles. The molecule has 0 fully saturated rings. The Labute approximate surface area is 245 Å². The number of benzene rings is 3. The van der Waals surface area contributed by atoms with Crippen molar-refractivity contribution in [2.45, 2.75) is 38.5 Å². The Hall–Kier alpha value is -2.40. The summed E-state index contributed by atoms with van der Waals surface area (Å²) in [6.07, 6.45) is 0. The Morgan fingerprint density at radius 1 is 0.619 bits per heavy atom. The Bertz CT molecular complexity index is 1330. The van der Waals surface area contributed by atoms with E-state index in [2.05, 4.69) is 80.5 Å². The fourth-order valence-corrected chi connectivity index (χ4v) is 5.33. The van der Waals surface area contributed by atoms with E-state index >= 15 is 0 Å². The summed E-state index contributed by atoms with van der Waals surface area (Å²) in [6, 6.07) is 27.0.